The predicted octanol–water partition coefficient (Wildman–Crippen LogP) is 3.12. The molecule has 142 valence electrons. The summed E-state index contributed by atoms with van der Waals surface area (Å²) in [6.45, 7) is 2.05. The maximum absolute atomic E-state index is 13.1. The molecule has 4 rings (SSSR count). The number of carbonyl (C=O) groups is 1. The molecule has 2 aromatic carbocycles. The fraction of sp³-hybridized carbons (Fsp3) is 0.409. The normalized spacial score (nSPS) is 17.9. The number of hydrogen-bond acceptors (Lipinski definition) is 4. The number of benzene rings is 2. The van der Waals surface area contributed by atoms with Crippen molar-refractivity contribution in [2.75, 3.05) is 38.9 Å². The molecule has 2 aromatic rings. The van der Waals surface area contributed by atoms with E-state index in [-0.39, 0.29) is 12.7 Å². The Morgan fingerprint density at radius 2 is 1.96 bits per heavy atom. The zero-order chi connectivity index (χ0) is 18.8. The molecule has 0 saturated heterocycles. The summed E-state index contributed by atoms with van der Waals surface area (Å²) in [4.78, 5) is 17.2. The van der Waals surface area contributed by atoms with Gasteiger partial charge in [0.15, 0.2) is 11.5 Å². The third-order valence-corrected chi connectivity index (χ3v) is 5.22. The van der Waals surface area contributed by atoms with Crippen LogP contribution < -0.4 is 14.4 Å². The van der Waals surface area contributed by atoms with E-state index in [1.165, 1.54) is 5.56 Å². The number of nitrogens with zero attached hydrogens (tertiary/aromatic N) is 2. The van der Waals surface area contributed by atoms with Gasteiger partial charge in [-0.2, -0.15) is 0 Å². The molecule has 1 unspecified atom stereocenters. The molecule has 0 fully saturated rings. The second kappa shape index (κ2) is 7.61. The summed E-state index contributed by atoms with van der Waals surface area (Å²) in [7, 11) is 4.18. The second-order valence-electron chi connectivity index (χ2n) is 7.65. The topological polar surface area (TPSA) is 42.0 Å². The lowest BCUT2D eigenvalue weighted by Gasteiger charge is -2.36. The Labute approximate surface area is 160 Å². The van der Waals surface area contributed by atoms with Crippen molar-refractivity contribution in [3.8, 4) is 11.5 Å². The molecule has 5 nitrogen and oxygen atoms in total. The number of fused-ring (bicyclic) bond motifs is 2. The molecule has 0 saturated carbocycles. The lowest BCUT2D eigenvalue weighted by atomic mass is 9.91. The molecule has 1 atom stereocenters. The van der Waals surface area contributed by atoms with E-state index in [1.807, 2.05) is 29.2 Å². The van der Waals surface area contributed by atoms with Crippen LogP contribution in [0.5, 0.6) is 11.5 Å². The van der Waals surface area contributed by atoms with E-state index in [0.717, 1.165) is 42.3 Å². The van der Waals surface area contributed by atoms with E-state index in [2.05, 4.69) is 37.2 Å². The second-order valence-corrected chi connectivity index (χ2v) is 7.65. The van der Waals surface area contributed by atoms with E-state index in [0.29, 0.717) is 18.8 Å². The van der Waals surface area contributed by atoms with Gasteiger partial charge in [-0.15, -0.1) is 0 Å². The van der Waals surface area contributed by atoms with Gasteiger partial charge >= 0.3 is 0 Å². The van der Waals surface area contributed by atoms with Gasteiger partial charge in [-0.3, -0.25) is 4.79 Å². The third kappa shape index (κ3) is 3.93. The highest BCUT2D eigenvalue weighted by Gasteiger charge is 2.28. The van der Waals surface area contributed by atoms with Crippen LogP contribution in [0.25, 0.3) is 0 Å². The molecule has 0 aliphatic carbocycles. The van der Waals surface area contributed by atoms with Crippen LogP contribution in [0.3, 0.4) is 0 Å². The number of ether oxygens (including phenoxy) is 2. The van der Waals surface area contributed by atoms with Gasteiger partial charge in [-0.25, -0.2) is 0 Å². The van der Waals surface area contributed by atoms with Gasteiger partial charge < -0.3 is 19.3 Å². The molecular formula is C22H26N2O3. The highest BCUT2D eigenvalue weighted by atomic mass is 16.7. The molecule has 0 radical (unpaired) electrons. The van der Waals surface area contributed by atoms with Gasteiger partial charge in [0.25, 0.3) is 0 Å². The number of hydrogen-bond donors (Lipinski definition) is 0. The molecule has 0 bridgehead atoms. The van der Waals surface area contributed by atoms with Crippen molar-refractivity contribution >= 4 is 11.6 Å². The van der Waals surface area contributed by atoms with Gasteiger partial charge in [0.1, 0.15) is 0 Å². The smallest absolute Gasteiger partial charge is 0.231 e. The highest BCUT2D eigenvalue weighted by molar-refractivity contribution is 5.94. The van der Waals surface area contributed by atoms with Gasteiger partial charge in [0.05, 0.1) is 0 Å². The minimum absolute atomic E-state index is 0.184. The van der Waals surface area contributed by atoms with Crippen LogP contribution >= 0.6 is 0 Å². The monoisotopic (exact) mass is 366 g/mol. The zero-order valence-electron chi connectivity index (χ0n) is 16.0. The van der Waals surface area contributed by atoms with E-state index in [4.69, 9.17) is 9.47 Å². The van der Waals surface area contributed by atoms with Crippen molar-refractivity contribution in [3.63, 3.8) is 0 Å². The van der Waals surface area contributed by atoms with Gasteiger partial charge in [0, 0.05) is 25.2 Å². The van der Waals surface area contributed by atoms with Crippen LogP contribution in [0.4, 0.5) is 5.69 Å². The average molecular weight is 366 g/mol. The van der Waals surface area contributed by atoms with Gasteiger partial charge in [0.2, 0.25) is 12.7 Å². The minimum atomic E-state index is 0.184. The number of carbonyl (C=O) groups excluding carboxylic acids is 1. The number of rotatable bonds is 5. The maximum Gasteiger partial charge on any atom is 0.231 e. The molecule has 1 amide bonds. The Morgan fingerprint density at radius 1 is 1.15 bits per heavy atom. The zero-order valence-corrected chi connectivity index (χ0v) is 16.0. The Morgan fingerprint density at radius 3 is 2.81 bits per heavy atom. The van der Waals surface area contributed by atoms with Crippen molar-refractivity contribution in [1.29, 1.82) is 0 Å². The minimum Gasteiger partial charge on any atom is -0.454 e. The van der Waals surface area contributed by atoms with E-state index in [1.54, 1.807) is 0 Å². The largest absolute Gasteiger partial charge is 0.454 e. The van der Waals surface area contributed by atoms with Crippen molar-refractivity contribution in [1.82, 2.24) is 4.90 Å². The standard InChI is InChI=1S/C22H26N2O3/c1-23(2)13-17-11-18-5-3-4-6-19(18)24(14-17)22(25)10-8-16-7-9-20-21(12-16)27-15-26-20/h3-7,9,12,17H,8,10-11,13-15H2,1-2H3. The van der Waals surface area contributed by atoms with Crippen LogP contribution in [-0.4, -0.2) is 44.8 Å². The summed E-state index contributed by atoms with van der Waals surface area (Å²) < 4.78 is 10.8. The number of para-hydroxylation sites is 1. The van der Waals surface area contributed by atoms with E-state index < -0.39 is 0 Å². The quantitative estimate of drug-likeness (QED) is 0.815. The van der Waals surface area contributed by atoms with Crippen LogP contribution in [0.1, 0.15) is 17.5 Å². The first-order valence-electron chi connectivity index (χ1n) is 9.51. The molecule has 27 heavy (non-hydrogen) atoms. The van der Waals surface area contributed by atoms with Crippen molar-refractivity contribution in [3.05, 3.63) is 53.6 Å². The Balaban J connectivity index is 1.46. The first-order valence-corrected chi connectivity index (χ1v) is 9.51. The summed E-state index contributed by atoms with van der Waals surface area (Å²) >= 11 is 0. The summed E-state index contributed by atoms with van der Waals surface area (Å²) in [5, 5.41) is 0. The van der Waals surface area contributed by atoms with Crippen LogP contribution in [0.15, 0.2) is 42.5 Å². The lowest BCUT2D eigenvalue weighted by molar-refractivity contribution is -0.118. The van der Waals surface area contributed by atoms with Gasteiger partial charge in [-0.05, 0) is 62.2 Å². The fourth-order valence-electron chi connectivity index (χ4n) is 4.04. The molecular weight excluding hydrogens is 340 g/mol. The van der Waals surface area contributed by atoms with Crippen molar-refractivity contribution in [2.24, 2.45) is 5.92 Å². The third-order valence-electron chi connectivity index (χ3n) is 5.22. The maximum atomic E-state index is 13.1. The summed E-state index contributed by atoms with van der Waals surface area (Å²) in [5.74, 6) is 2.20. The first-order chi connectivity index (χ1) is 13.1. The Bertz CT molecular complexity index is 834. The van der Waals surface area contributed by atoms with Crippen molar-refractivity contribution in [2.45, 2.75) is 19.3 Å². The number of aryl methyl sites for hydroxylation is 1. The number of amides is 1. The van der Waals surface area contributed by atoms with E-state index in [9.17, 15) is 4.79 Å². The lowest BCUT2D eigenvalue weighted by Crippen LogP contribution is -2.43. The summed E-state index contributed by atoms with van der Waals surface area (Å²) in [6, 6.07) is 14.2. The molecule has 2 aliphatic rings. The molecule has 0 aromatic heterocycles. The van der Waals surface area contributed by atoms with Crippen LogP contribution in [-0.2, 0) is 17.6 Å². The SMILES string of the molecule is CN(C)CC1Cc2ccccc2N(C(=O)CCc2ccc3c(c2)OCO3)C1. The van der Waals surface area contributed by atoms with Gasteiger partial charge in [-0.1, -0.05) is 24.3 Å². The fourth-order valence-corrected chi connectivity index (χ4v) is 4.04. The Kier molecular flexibility index (Phi) is 5.03. The van der Waals surface area contributed by atoms with E-state index >= 15 is 0 Å². The number of anilines is 1. The molecule has 0 spiro atoms. The summed E-state index contributed by atoms with van der Waals surface area (Å²) in [6.07, 6.45) is 2.22. The molecule has 2 heterocycles. The average Bonchev–Trinajstić information content (AvgIpc) is 3.12. The Hall–Kier alpha value is -2.53. The molecule has 2 aliphatic heterocycles. The van der Waals surface area contributed by atoms with Crippen molar-refractivity contribution < 1.29 is 14.3 Å². The molecule has 5 heteroatoms. The molecule has 0 N–H and O–H groups in total. The van der Waals surface area contributed by atoms with Crippen LogP contribution in [0, 0.1) is 5.92 Å². The summed E-state index contributed by atoms with van der Waals surface area (Å²) in [5.41, 5.74) is 3.44. The predicted molar refractivity (Wildman–Crippen MR) is 105 cm³/mol. The first kappa shape index (κ1) is 17.9. The van der Waals surface area contributed by atoms with Crippen LogP contribution in [0.2, 0.25) is 0 Å². The highest BCUT2D eigenvalue weighted by Crippen LogP contribution is 2.33.